The lowest BCUT2D eigenvalue weighted by molar-refractivity contribution is 0.690. The van der Waals surface area contributed by atoms with Crippen LogP contribution in [0.3, 0.4) is 0 Å². The van der Waals surface area contributed by atoms with Gasteiger partial charge < -0.3 is 0 Å². The van der Waals surface area contributed by atoms with Crippen LogP contribution in [0.15, 0.2) is 72.8 Å². The fourth-order valence-corrected chi connectivity index (χ4v) is 4.76. The highest BCUT2D eigenvalue weighted by Crippen LogP contribution is 2.38. The van der Waals surface area contributed by atoms with Crippen molar-refractivity contribution in [3.8, 4) is 11.3 Å². The largest absolute Gasteiger partial charge is 0.150 e. The van der Waals surface area contributed by atoms with Gasteiger partial charge in [0.1, 0.15) is 0 Å². The molecule has 2 nitrogen and oxygen atoms in total. The molecule has 0 bridgehead atoms. The lowest BCUT2D eigenvalue weighted by atomic mass is 9.85. The van der Waals surface area contributed by atoms with Crippen LogP contribution in [0.4, 0.5) is 0 Å². The molecule has 0 amide bonds. The van der Waals surface area contributed by atoms with E-state index in [0.717, 1.165) is 16.6 Å². The summed E-state index contributed by atoms with van der Waals surface area (Å²) in [5.74, 6) is 0. The number of benzene rings is 4. The molecular formula is C26H20N2. The Labute approximate surface area is 163 Å². The smallest absolute Gasteiger partial charge is 0.0942 e. The first-order chi connectivity index (χ1) is 13.9. The highest BCUT2D eigenvalue weighted by molar-refractivity contribution is 6.14. The SMILES string of the molecule is c1ccc2nnc(-c3cc4c5c(ccc4c4ccccc34)CCCC5)cc2c1. The van der Waals surface area contributed by atoms with Crippen LogP contribution >= 0.6 is 0 Å². The van der Waals surface area contributed by atoms with Crippen LogP contribution in [0, 0.1) is 0 Å². The van der Waals surface area contributed by atoms with E-state index in [4.69, 9.17) is 0 Å². The minimum Gasteiger partial charge on any atom is -0.150 e. The lowest BCUT2D eigenvalue weighted by Gasteiger charge is -2.20. The predicted octanol–water partition coefficient (Wildman–Crippen LogP) is 6.48. The van der Waals surface area contributed by atoms with Crippen LogP contribution in [0.25, 0.3) is 43.7 Å². The molecule has 0 aliphatic heterocycles. The molecular weight excluding hydrogens is 340 g/mol. The topological polar surface area (TPSA) is 25.8 Å². The number of hydrogen-bond donors (Lipinski definition) is 0. The van der Waals surface area contributed by atoms with Gasteiger partial charge in [0.05, 0.1) is 11.2 Å². The molecule has 0 saturated heterocycles. The van der Waals surface area contributed by atoms with Crippen LogP contribution in [-0.2, 0) is 12.8 Å². The Morgan fingerprint density at radius 1 is 0.607 bits per heavy atom. The highest BCUT2D eigenvalue weighted by atomic mass is 15.1. The summed E-state index contributed by atoms with van der Waals surface area (Å²) in [7, 11) is 0. The van der Waals surface area contributed by atoms with Gasteiger partial charge in [-0.3, -0.25) is 0 Å². The Morgan fingerprint density at radius 3 is 2.36 bits per heavy atom. The van der Waals surface area contributed by atoms with Crippen LogP contribution < -0.4 is 0 Å². The summed E-state index contributed by atoms with van der Waals surface area (Å²) in [4.78, 5) is 0. The molecule has 134 valence electrons. The maximum absolute atomic E-state index is 4.60. The number of hydrogen-bond acceptors (Lipinski definition) is 2. The van der Waals surface area contributed by atoms with Gasteiger partial charge in [0.2, 0.25) is 0 Å². The molecule has 0 radical (unpaired) electrons. The summed E-state index contributed by atoms with van der Waals surface area (Å²) in [6.45, 7) is 0. The fourth-order valence-electron chi connectivity index (χ4n) is 4.76. The Kier molecular flexibility index (Phi) is 3.45. The Morgan fingerprint density at radius 2 is 1.39 bits per heavy atom. The zero-order chi connectivity index (χ0) is 18.5. The van der Waals surface area contributed by atoms with Gasteiger partial charge in [0, 0.05) is 10.9 Å². The quantitative estimate of drug-likeness (QED) is 0.320. The van der Waals surface area contributed by atoms with Crippen LogP contribution in [0.1, 0.15) is 24.0 Å². The van der Waals surface area contributed by atoms with E-state index in [1.165, 1.54) is 63.9 Å². The molecule has 1 aliphatic rings. The van der Waals surface area contributed by atoms with Gasteiger partial charge in [-0.05, 0) is 76.6 Å². The average Bonchev–Trinajstić information content (AvgIpc) is 2.78. The number of fused-ring (bicyclic) bond motifs is 6. The summed E-state index contributed by atoms with van der Waals surface area (Å²) in [6, 6.07) is 26.1. The van der Waals surface area contributed by atoms with E-state index >= 15 is 0 Å². The number of nitrogens with zero attached hydrogens (tertiary/aromatic N) is 2. The molecule has 1 heterocycles. The van der Waals surface area contributed by atoms with E-state index in [1.54, 1.807) is 0 Å². The van der Waals surface area contributed by atoms with Gasteiger partial charge >= 0.3 is 0 Å². The van der Waals surface area contributed by atoms with Gasteiger partial charge in [0.25, 0.3) is 0 Å². The van der Waals surface area contributed by atoms with Crippen molar-refractivity contribution in [1.29, 1.82) is 0 Å². The highest BCUT2D eigenvalue weighted by Gasteiger charge is 2.16. The Bertz CT molecular complexity index is 1370. The molecule has 0 atom stereocenters. The van der Waals surface area contributed by atoms with Crippen molar-refractivity contribution in [2.75, 3.05) is 0 Å². The van der Waals surface area contributed by atoms with Gasteiger partial charge in [-0.15, -0.1) is 10.2 Å². The van der Waals surface area contributed by atoms with Crippen molar-refractivity contribution < 1.29 is 0 Å². The summed E-state index contributed by atoms with van der Waals surface area (Å²) >= 11 is 0. The fraction of sp³-hybridized carbons (Fsp3) is 0.154. The first-order valence-electron chi connectivity index (χ1n) is 10.1. The molecule has 1 aromatic heterocycles. The zero-order valence-electron chi connectivity index (χ0n) is 15.7. The van der Waals surface area contributed by atoms with E-state index in [9.17, 15) is 0 Å². The molecule has 6 rings (SSSR count). The monoisotopic (exact) mass is 360 g/mol. The third kappa shape index (κ3) is 2.34. The second kappa shape index (κ2) is 6.13. The Balaban J connectivity index is 1.72. The first-order valence-corrected chi connectivity index (χ1v) is 10.1. The molecule has 28 heavy (non-hydrogen) atoms. The molecule has 4 aromatic carbocycles. The second-order valence-corrected chi connectivity index (χ2v) is 7.76. The molecule has 1 aliphatic carbocycles. The van der Waals surface area contributed by atoms with Crippen molar-refractivity contribution in [3.05, 3.63) is 83.9 Å². The molecule has 5 aromatic rings. The van der Waals surface area contributed by atoms with Gasteiger partial charge in [-0.25, -0.2) is 0 Å². The number of aryl methyl sites for hydroxylation is 2. The average molecular weight is 360 g/mol. The predicted molar refractivity (Wildman–Crippen MR) is 117 cm³/mol. The normalized spacial score (nSPS) is 13.9. The maximum atomic E-state index is 4.60. The van der Waals surface area contributed by atoms with Crippen molar-refractivity contribution in [2.45, 2.75) is 25.7 Å². The van der Waals surface area contributed by atoms with E-state index in [0.29, 0.717) is 0 Å². The molecule has 2 heteroatoms. The van der Waals surface area contributed by atoms with E-state index in [1.807, 2.05) is 12.1 Å². The van der Waals surface area contributed by atoms with Gasteiger partial charge in [0.15, 0.2) is 0 Å². The lowest BCUT2D eigenvalue weighted by Crippen LogP contribution is -2.03. The minimum absolute atomic E-state index is 0.939. The van der Waals surface area contributed by atoms with Crippen molar-refractivity contribution >= 4 is 32.4 Å². The number of rotatable bonds is 1. The summed E-state index contributed by atoms with van der Waals surface area (Å²) in [6.07, 6.45) is 4.95. The standard InChI is InChI=1S/C26H20N2/c1-3-9-19-17(7-1)13-14-22-20-10-4-5-11-21(20)24(16-23(19)22)26-15-18-8-2-6-12-25(18)27-28-26/h2,4-6,8,10-16H,1,3,7,9H2. The number of aromatic nitrogens is 2. The molecule has 0 spiro atoms. The van der Waals surface area contributed by atoms with Gasteiger partial charge in [-0.1, -0.05) is 54.6 Å². The summed E-state index contributed by atoms with van der Waals surface area (Å²) < 4.78 is 0. The van der Waals surface area contributed by atoms with E-state index in [-0.39, 0.29) is 0 Å². The zero-order valence-corrected chi connectivity index (χ0v) is 15.7. The third-order valence-electron chi connectivity index (χ3n) is 6.14. The van der Waals surface area contributed by atoms with Crippen molar-refractivity contribution in [2.24, 2.45) is 0 Å². The summed E-state index contributed by atoms with van der Waals surface area (Å²) in [5.41, 5.74) is 6.12. The van der Waals surface area contributed by atoms with Crippen LogP contribution in [-0.4, -0.2) is 10.2 Å². The summed E-state index contributed by atoms with van der Waals surface area (Å²) in [5, 5.41) is 15.5. The van der Waals surface area contributed by atoms with E-state index < -0.39 is 0 Å². The molecule has 0 fully saturated rings. The maximum Gasteiger partial charge on any atom is 0.0942 e. The van der Waals surface area contributed by atoms with Crippen molar-refractivity contribution in [1.82, 2.24) is 10.2 Å². The Hall–Kier alpha value is -3.26. The van der Waals surface area contributed by atoms with Crippen LogP contribution in [0.5, 0.6) is 0 Å². The molecule has 0 saturated carbocycles. The van der Waals surface area contributed by atoms with E-state index in [2.05, 4.69) is 70.9 Å². The van der Waals surface area contributed by atoms with Crippen LogP contribution in [0.2, 0.25) is 0 Å². The van der Waals surface area contributed by atoms with Gasteiger partial charge in [-0.2, -0.15) is 0 Å². The molecule has 0 unspecified atom stereocenters. The minimum atomic E-state index is 0.939. The first kappa shape index (κ1) is 15.8. The second-order valence-electron chi connectivity index (χ2n) is 7.76. The molecule has 0 N–H and O–H groups in total. The third-order valence-corrected chi connectivity index (χ3v) is 6.14. The van der Waals surface area contributed by atoms with Crippen molar-refractivity contribution in [3.63, 3.8) is 0 Å².